The van der Waals surface area contributed by atoms with Crippen molar-refractivity contribution in [2.75, 3.05) is 24.3 Å². The topological polar surface area (TPSA) is 117 Å². The molecule has 2 aromatic carbocycles. The third-order valence-electron chi connectivity index (χ3n) is 6.67. The van der Waals surface area contributed by atoms with Crippen molar-refractivity contribution in [2.45, 2.75) is 51.2 Å². The molecule has 0 atom stereocenters. The second-order valence-corrected chi connectivity index (χ2v) is 9.21. The second kappa shape index (κ2) is 11.3. The third-order valence-corrected chi connectivity index (χ3v) is 6.67. The molecule has 9 nitrogen and oxygen atoms in total. The van der Waals surface area contributed by atoms with Crippen LogP contribution in [0, 0.1) is 11.7 Å². The van der Waals surface area contributed by atoms with E-state index in [2.05, 4.69) is 10.6 Å². The molecular weight excluding hydrogens is 469 g/mol. The molecule has 0 unspecified atom stereocenters. The van der Waals surface area contributed by atoms with Crippen LogP contribution >= 0.6 is 0 Å². The fraction of sp³-hybridized carbons (Fsp3) is 0.423. The van der Waals surface area contributed by atoms with Gasteiger partial charge in [0.05, 0.1) is 7.11 Å². The highest BCUT2D eigenvalue weighted by Gasteiger charge is 2.28. The standard InChI is InChI=1S/C26H30FN3O6/c1-35-23-14-20(6-9-22(23)27)29-25(33)28-19-5-4-18-15-30(11-10-17(18)13-19)26(34)36-21-7-2-16(3-8-21)12-24(31)32/h4-6,9,13-14,16,21H,2-3,7-8,10-12,15H2,1H3,(H,31,32)(H2,28,29,33). The van der Waals surface area contributed by atoms with Crippen LogP contribution in [0.15, 0.2) is 36.4 Å². The number of rotatable bonds is 6. The maximum atomic E-state index is 13.6. The summed E-state index contributed by atoms with van der Waals surface area (Å²) in [5.74, 6) is -1.10. The van der Waals surface area contributed by atoms with Gasteiger partial charge >= 0.3 is 18.1 Å². The smallest absolute Gasteiger partial charge is 0.410 e. The molecule has 0 spiro atoms. The Kier molecular flexibility index (Phi) is 7.92. The lowest BCUT2D eigenvalue weighted by atomic mass is 9.85. The van der Waals surface area contributed by atoms with Crippen LogP contribution in [-0.2, 0) is 22.5 Å². The minimum Gasteiger partial charge on any atom is -0.494 e. The van der Waals surface area contributed by atoms with Gasteiger partial charge in [-0.15, -0.1) is 0 Å². The number of amides is 3. The van der Waals surface area contributed by atoms with Gasteiger partial charge in [-0.1, -0.05) is 6.07 Å². The number of urea groups is 1. The number of halogens is 1. The number of nitrogens with zero attached hydrogens (tertiary/aromatic N) is 1. The fourth-order valence-corrected chi connectivity index (χ4v) is 4.74. The summed E-state index contributed by atoms with van der Waals surface area (Å²) in [4.78, 5) is 37.6. The number of methoxy groups -OCH3 is 1. The van der Waals surface area contributed by atoms with E-state index in [9.17, 15) is 18.8 Å². The van der Waals surface area contributed by atoms with E-state index >= 15 is 0 Å². The second-order valence-electron chi connectivity index (χ2n) is 9.21. The van der Waals surface area contributed by atoms with Crippen LogP contribution in [0.1, 0.15) is 43.2 Å². The first kappa shape index (κ1) is 25.3. The number of carboxylic acids is 1. The monoisotopic (exact) mass is 499 g/mol. The van der Waals surface area contributed by atoms with Gasteiger partial charge in [0.2, 0.25) is 0 Å². The summed E-state index contributed by atoms with van der Waals surface area (Å²) in [6.45, 7) is 0.926. The highest BCUT2D eigenvalue weighted by atomic mass is 19.1. The number of benzene rings is 2. The zero-order valence-corrected chi connectivity index (χ0v) is 20.1. The van der Waals surface area contributed by atoms with Gasteiger partial charge in [0, 0.05) is 37.0 Å². The first-order chi connectivity index (χ1) is 17.3. The van der Waals surface area contributed by atoms with Crippen LogP contribution in [0.4, 0.5) is 25.4 Å². The number of hydrogen-bond acceptors (Lipinski definition) is 5. The van der Waals surface area contributed by atoms with Gasteiger partial charge in [-0.3, -0.25) is 4.79 Å². The lowest BCUT2D eigenvalue weighted by molar-refractivity contribution is -0.138. The van der Waals surface area contributed by atoms with Crippen molar-refractivity contribution in [2.24, 2.45) is 5.92 Å². The number of carboxylic acid groups (broad SMARTS) is 1. The maximum absolute atomic E-state index is 13.6. The van der Waals surface area contributed by atoms with Crippen molar-refractivity contribution < 1.29 is 33.4 Å². The van der Waals surface area contributed by atoms with E-state index in [4.69, 9.17) is 14.6 Å². The molecule has 36 heavy (non-hydrogen) atoms. The average molecular weight is 500 g/mol. The lowest BCUT2D eigenvalue weighted by Gasteiger charge is -2.32. The van der Waals surface area contributed by atoms with Gasteiger partial charge in [-0.05, 0) is 73.4 Å². The molecule has 0 aromatic heterocycles. The number of carbonyl (C=O) groups excluding carboxylic acids is 2. The molecule has 2 aliphatic rings. The summed E-state index contributed by atoms with van der Waals surface area (Å²) < 4.78 is 24.2. The van der Waals surface area contributed by atoms with Crippen LogP contribution < -0.4 is 15.4 Å². The van der Waals surface area contributed by atoms with Crippen molar-refractivity contribution >= 4 is 29.5 Å². The maximum Gasteiger partial charge on any atom is 0.410 e. The normalized spacial score (nSPS) is 19.1. The minimum atomic E-state index is -0.782. The Morgan fingerprint density at radius 1 is 1.03 bits per heavy atom. The number of ether oxygens (including phenoxy) is 2. The van der Waals surface area contributed by atoms with Crippen LogP contribution in [0.5, 0.6) is 5.75 Å². The zero-order chi connectivity index (χ0) is 25.7. The Balaban J connectivity index is 1.28. The summed E-state index contributed by atoms with van der Waals surface area (Å²) in [6.07, 6.45) is 3.17. The number of nitrogens with one attached hydrogen (secondary N) is 2. The third kappa shape index (κ3) is 6.44. The molecule has 1 heterocycles. The van der Waals surface area contributed by atoms with Crippen LogP contribution in [0.3, 0.4) is 0 Å². The molecule has 1 fully saturated rings. The number of carbonyl (C=O) groups is 3. The Bertz CT molecular complexity index is 1130. The largest absolute Gasteiger partial charge is 0.494 e. The molecule has 2 aromatic rings. The van der Waals surface area contributed by atoms with Gasteiger partial charge in [0.15, 0.2) is 11.6 Å². The van der Waals surface area contributed by atoms with Crippen molar-refractivity contribution in [3.05, 3.63) is 53.3 Å². The van der Waals surface area contributed by atoms with Crippen LogP contribution in [-0.4, -0.2) is 47.9 Å². The zero-order valence-electron chi connectivity index (χ0n) is 20.1. The highest BCUT2D eigenvalue weighted by molar-refractivity contribution is 5.99. The molecule has 1 saturated carbocycles. The van der Waals surface area contributed by atoms with Gasteiger partial charge in [-0.25, -0.2) is 14.0 Å². The summed E-state index contributed by atoms with van der Waals surface area (Å²) in [5.41, 5.74) is 3.02. The first-order valence-corrected chi connectivity index (χ1v) is 12.0. The SMILES string of the molecule is COc1cc(NC(=O)Nc2ccc3c(c2)CCN(C(=O)OC2CCC(CC(=O)O)CC2)C3)ccc1F. The quantitative estimate of drug-likeness (QED) is 0.515. The van der Waals surface area contributed by atoms with Crippen molar-refractivity contribution in [1.82, 2.24) is 4.90 Å². The molecule has 0 saturated heterocycles. The molecule has 0 bridgehead atoms. The summed E-state index contributed by atoms with van der Waals surface area (Å²) in [6, 6.07) is 9.12. The molecule has 4 rings (SSSR count). The molecule has 1 aliphatic carbocycles. The Morgan fingerprint density at radius 3 is 2.42 bits per heavy atom. The van der Waals surface area contributed by atoms with Crippen molar-refractivity contribution in [3.63, 3.8) is 0 Å². The van der Waals surface area contributed by atoms with Gasteiger partial charge < -0.3 is 30.1 Å². The Morgan fingerprint density at radius 2 is 1.72 bits per heavy atom. The molecule has 192 valence electrons. The first-order valence-electron chi connectivity index (χ1n) is 12.0. The van der Waals surface area contributed by atoms with E-state index in [1.165, 1.54) is 25.3 Å². The van der Waals surface area contributed by atoms with E-state index in [0.717, 1.165) is 24.0 Å². The van der Waals surface area contributed by atoms with E-state index in [0.29, 0.717) is 43.7 Å². The van der Waals surface area contributed by atoms with E-state index in [1.54, 1.807) is 11.0 Å². The highest BCUT2D eigenvalue weighted by Crippen LogP contribution is 2.30. The Hall–Kier alpha value is -3.82. The number of anilines is 2. The molecule has 3 amide bonds. The average Bonchev–Trinajstić information content (AvgIpc) is 2.85. The van der Waals surface area contributed by atoms with Crippen molar-refractivity contribution in [1.29, 1.82) is 0 Å². The predicted octanol–water partition coefficient (Wildman–Crippen LogP) is 5.01. The Labute approximate surface area is 208 Å². The molecule has 0 radical (unpaired) electrons. The van der Waals surface area contributed by atoms with Crippen molar-refractivity contribution in [3.8, 4) is 5.75 Å². The summed E-state index contributed by atoms with van der Waals surface area (Å²) in [5, 5.41) is 14.4. The van der Waals surface area contributed by atoms with E-state index in [1.807, 2.05) is 12.1 Å². The van der Waals surface area contributed by atoms with Crippen LogP contribution in [0.2, 0.25) is 0 Å². The van der Waals surface area contributed by atoms with Gasteiger partial charge in [0.25, 0.3) is 0 Å². The number of fused-ring (bicyclic) bond motifs is 1. The predicted molar refractivity (Wildman–Crippen MR) is 131 cm³/mol. The number of hydrogen-bond donors (Lipinski definition) is 3. The molecule has 3 N–H and O–H groups in total. The van der Waals surface area contributed by atoms with E-state index < -0.39 is 17.8 Å². The van der Waals surface area contributed by atoms with E-state index in [-0.39, 0.29) is 30.3 Å². The van der Waals surface area contributed by atoms with Crippen LogP contribution in [0.25, 0.3) is 0 Å². The fourth-order valence-electron chi connectivity index (χ4n) is 4.74. The summed E-state index contributed by atoms with van der Waals surface area (Å²) in [7, 11) is 1.35. The lowest BCUT2D eigenvalue weighted by Crippen LogP contribution is -2.39. The number of aliphatic carboxylic acids is 1. The molecule has 1 aliphatic heterocycles. The van der Waals surface area contributed by atoms with Gasteiger partial charge in [-0.2, -0.15) is 0 Å². The minimum absolute atomic E-state index is 0.0375. The summed E-state index contributed by atoms with van der Waals surface area (Å²) >= 11 is 0. The molecular formula is C26H30FN3O6. The van der Waals surface area contributed by atoms with Gasteiger partial charge in [0.1, 0.15) is 6.10 Å². The molecule has 10 heteroatoms.